The topological polar surface area (TPSA) is 9.23 Å². The summed E-state index contributed by atoms with van der Waals surface area (Å²) in [4.78, 5) is 0. The summed E-state index contributed by atoms with van der Waals surface area (Å²) in [5, 5.41) is 0.417. The van der Waals surface area contributed by atoms with Gasteiger partial charge in [0.05, 0.1) is 0 Å². The van der Waals surface area contributed by atoms with Gasteiger partial charge in [-0.3, -0.25) is 0 Å². The first-order valence-electron chi connectivity index (χ1n) is 3.09. The molecule has 1 atom stereocenters. The third kappa shape index (κ3) is 6.25. The van der Waals surface area contributed by atoms with Crippen molar-refractivity contribution in [3.05, 3.63) is 0 Å². The lowest BCUT2D eigenvalue weighted by Crippen LogP contribution is -2.06. The summed E-state index contributed by atoms with van der Waals surface area (Å²) >= 11 is 3.04. The smallest absolute Gasteiger partial charge is 0.112 e. The molecule has 0 aromatic rings. The Labute approximate surface area is 63.7 Å². The van der Waals surface area contributed by atoms with E-state index in [1.54, 1.807) is 0 Å². The van der Waals surface area contributed by atoms with Crippen molar-refractivity contribution < 1.29 is 9.13 Å². The highest BCUT2D eigenvalue weighted by Gasteiger charge is 2.01. The molecule has 0 fully saturated rings. The van der Waals surface area contributed by atoms with Gasteiger partial charge in [-0.2, -0.15) is 0 Å². The molecular weight excluding hydrogens is 187 g/mol. The lowest BCUT2D eigenvalue weighted by atomic mass is 10.3. The molecule has 0 radical (unpaired) electrons. The number of ether oxygens (including phenoxy) is 1. The summed E-state index contributed by atoms with van der Waals surface area (Å²) in [6.07, 6.45) is -0.254. The van der Waals surface area contributed by atoms with Gasteiger partial charge in [0.2, 0.25) is 0 Å². The van der Waals surface area contributed by atoms with Crippen molar-refractivity contribution in [1.29, 1.82) is 0 Å². The Kier molecular flexibility index (Phi) is 6.76. The molecule has 0 N–H and O–H groups in total. The van der Waals surface area contributed by atoms with E-state index in [1.165, 1.54) is 0 Å². The van der Waals surface area contributed by atoms with Crippen molar-refractivity contribution in [1.82, 2.24) is 0 Å². The van der Waals surface area contributed by atoms with Crippen molar-refractivity contribution in [3.63, 3.8) is 0 Å². The summed E-state index contributed by atoms with van der Waals surface area (Å²) in [5.41, 5.74) is 0. The lowest BCUT2D eigenvalue weighted by Gasteiger charge is -2.02. The highest BCUT2D eigenvalue weighted by atomic mass is 79.9. The number of halogens is 2. The van der Waals surface area contributed by atoms with E-state index in [0.717, 1.165) is 0 Å². The molecule has 0 aliphatic rings. The maximum Gasteiger partial charge on any atom is 0.112 e. The zero-order valence-corrected chi connectivity index (χ0v) is 7.16. The Bertz CT molecular complexity index is 61.0. The first-order chi connectivity index (χ1) is 4.31. The van der Waals surface area contributed by atoms with Gasteiger partial charge in [-0.05, 0) is 6.92 Å². The van der Waals surface area contributed by atoms with Crippen LogP contribution in [0.5, 0.6) is 0 Å². The minimum atomic E-state index is -0.753. The molecule has 0 unspecified atom stereocenters. The maximum atomic E-state index is 12.3. The maximum absolute atomic E-state index is 12.3. The second-order valence-electron chi connectivity index (χ2n) is 1.74. The van der Waals surface area contributed by atoms with Gasteiger partial charge < -0.3 is 4.74 Å². The molecule has 1 nitrogen and oxygen atoms in total. The van der Waals surface area contributed by atoms with Crippen LogP contribution < -0.4 is 0 Å². The SMILES string of the molecule is CCOCC[C@H](F)CBr. The van der Waals surface area contributed by atoms with E-state index in [9.17, 15) is 4.39 Å². The van der Waals surface area contributed by atoms with Gasteiger partial charge >= 0.3 is 0 Å². The summed E-state index contributed by atoms with van der Waals surface area (Å²) in [6.45, 7) is 3.11. The first-order valence-corrected chi connectivity index (χ1v) is 4.21. The highest BCUT2D eigenvalue weighted by molar-refractivity contribution is 9.09. The molecule has 0 bridgehead atoms. The van der Waals surface area contributed by atoms with Crippen LogP contribution in [0.25, 0.3) is 0 Å². The van der Waals surface area contributed by atoms with E-state index in [4.69, 9.17) is 4.74 Å². The van der Waals surface area contributed by atoms with Gasteiger partial charge in [-0.1, -0.05) is 15.9 Å². The Hall–Kier alpha value is 0.370. The standard InChI is InChI=1S/C6H12BrFO/c1-2-9-4-3-6(8)5-7/h6H,2-5H2,1H3/t6-/m0/s1. The second-order valence-corrected chi connectivity index (χ2v) is 2.38. The third-order valence-electron chi connectivity index (χ3n) is 0.947. The van der Waals surface area contributed by atoms with Crippen molar-refractivity contribution in [2.75, 3.05) is 18.5 Å². The first kappa shape index (κ1) is 9.37. The van der Waals surface area contributed by atoms with Gasteiger partial charge in [-0.25, -0.2) is 4.39 Å². The van der Waals surface area contributed by atoms with Crippen LogP contribution in [0, 0.1) is 0 Å². The van der Waals surface area contributed by atoms with Crippen molar-refractivity contribution in [2.24, 2.45) is 0 Å². The van der Waals surface area contributed by atoms with Gasteiger partial charge in [0, 0.05) is 25.0 Å². The van der Waals surface area contributed by atoms with Crippen LogP contribution in [-0.2, 0) is 4.74 Å². The summed E-state index contributed by atoms with van der Waals surface area (Å²) < 4.78 is 17.3. The van der Waals surface area contributed by atoms with Crippen molar-refractivity contribution in [2.45, 2.75) is 19.5 Å². The molecular formula is C6H12BrFO. The Morgan fingerprint density at radius 3 is 2.78 bits per heavy atom. The minimum absolute atomic E-state index is 0.417. The molecule has 3 heteroatoms. The lowest BCUT2D eigenvalue weighted by molar-refractivity contribution is 0.127. The van der Waals surface area contributed by atoms with E-state index in [2.05, 4.69) is 15.9 Å². The molecule has 56 valence electrons. The summed E-state index contributed by atoms with van der Waals surface area (Å²) in [7, 11) is 0. The molecule has 0 aromatic carbocycles. The normalized spacial score (nSPS) is 13.7. The number of hydrogen-bond donors (Lipinski definition) is 0. The predicted molar refractivity (Wildman–Crippen MR) is 39.8 cm³/mol. The van der Waals surface area contributed by atoms with Crippen molar-refractivity contribution >= 4 is 15.9 Å². The van der Waals surface area contributed by atoms with Crippen LogP contribution in [0.2, 0.25) is 0 Å². The van der Waals surface area contributed by atoms with E-state index in [-0.39, 0.29) is 0 Å². The molecule has 0 saturated carbocycles. The fourth-order valence-electron chi connectivity index (χ4n) is 0.433. The molecule has 9 heavy (non-hydrogen) atoms. The molecule has 0 heterocycles. The fraction of sp³-hybridized carbons (Fsp3) is 1.00. The number of hydrogen-bond acceptors (Lipinski definition) is 1. The summed E-state index contributed by atoms with van der Waals surface area (Å²) in [5.74, 6) is 0. The Morgan fingerprint density at radius 1 is 1.67 bits per heavy atom. The largest absolute Gasteiger partial charge is 0.382 e. The van der Waals surface area contributed by atoms with Crippen LogP contribution in [0.1, 0.15) is 13.3 Å². The van der Waals surface area contributed by atoms with Crippen LogP contribution in [0.4, 0.5) is 4.39 Å². The highest BCUT2D eigenvalue weighted by Crippen LogP contribution is 2.01. The number of rotatable bonds is 5. The molecule has 0 spiro atoms. The molecule has 0 rings (SSSR count). The van der Waals surface area contributed by atoms with Crippen molar-refractivity contribution in [3.8, 4) is 0 Å². The molecule has 0 amide bonds. The van der Waals surface area contributed by atoms with Crippen LogP contribution in [-0.4, -0.2) is 24.7 Å². The molecule has 0 aromatic heterocycles. The summed E-state index contributed by atoms with van der Waals surface area (Å²) in [6, 6.07) is 0. The van der Waals surface area contributed by atoms with Crippen LogP contribution in [0.3, 0.4) is 0 Å². The van der Waals surface area contributed by atoms with Gasteiger partial charge in [-0.15, -0.1) is 0 Å². The monoisotopic (exact) mass is 198 g/mol. The molecule has 0 aliphatic carbocycles. The fourth-order valence-corrected chi connectivity index (χ4v) is 0.756. The van der Waals surface area contributed by atoms with E-state index in [0.29, 0.717) is 25.0 Å². The molecule has 0 aliphatic heterocycles. The van der Waals surface area contributed by atoms with E-state index in [1.807, 2.05) is 6.92 Å². The third-order valence-corrected chi connectivity index (χ3v) is 1.65. The second kappa shape index (κ2) is 6.49. The Balaban J connectivity index is 2.88. The molecule has 0 saturated heterocycles. The zero-order chi connectivity index (χ0) is 7.11. The zero-order valence-electron chi connectivity index (χ0n) is 5.57. The van der Waals surface area contributed by atoms with E-state index < -0.39 is 6.17 Å². The minimum Gasteiger partial charge on any atom is -0.382 e. The quantitative estimate of drug-likeness (QED) is 0.486. The average molecular weight is 199 g/mol. The van der Waals surface area contributed by atoms with Gasteiger partial charge in [0.25, 0.3) is 0 Å². The van der Waals surface area contributed by atoms with Crippen LogP contribution >= 0.6 is 15.9 Å². The number of alkyl halides is 2. The average Bonchev–Trinajstić information content (AvgIpc) is 1.89. The van der Waals surface area contributed by atoms with E-state index >= 15 is 0 Å². The van der Waals surface area contributed by atoms with Crippen LogP contribution in [0.15, 0.2) is 0 Å². The van der Waals surface area contributed by atoms with Gasteiger partial charge in [0.15, 0.2) is 0 Å². The van der Waals surface area contributed by atoms with Gasteiger partial charge in [0.1, 0.15) is 6.17 Å². The predicted octanol–water partition coefficient (Wildman–Crippen LogP) is 2.15. The Morgan fingerprint density at radius 2 is 2.33 bits per heavy atom.